The third-order valence-corrected chi connectivity index (χ3v) is 2.30. The van der Waals surface area contributed by atoms with Crippen molar-refractivity contribution in [2.75, 3.05) is 18.5 Å². The van der Waals surface area contributed by atoms with Gasteiger partial charge in [-0.15, -0.1) is 0 Å². The van der Waals surface area contributed by atoms with E-state index < -0.39 is 0 Å². The highest BCUT2D eigenvalue weighted by molar-refractivity contribution is 5.39. The van der Waals surface area contributed by atoms with Crippen LogP contribution in [-0.4, -0.2) is 23.1 Å². The van der Waals surface area contributed by atoms with Crippen LogP contribution in [0.2, 0.25) is 0 Å². The minimum atomic E-state index is 1.13. The van der Waals surface area contributed by atoms with Crippen LogP contribution in [0, 0.1) is 6.92 Å². The molecule has 1 aromatic rings. The fraction of sp³-hybridized carbons (Fsp3) is 0.625. The van der Waals surface area contributed by atoms with Crippen molar-refractivity contribution in [2.24, 2.45) is 0 Å². The predicted molar refractivity (Wildman–Crippen MR) is 44.9 cm³/mol. The van der Waals surface area contributed by atoms with Crippen LogP contribution in [0.1, 0.15) is 12.2 Å². The lowest BCUT2D eigenvalue weighted by Crippen LogP contribution is -2.27. The van der Waals surface area contributed by atoms with Crippen molar-refractivity contribution in [3.63, 3.8) is 0 Å². The average Bonchev–Trinajstić information content (AvgIpc) is 2.35. The van der Waals surface area contributed by atoms with Gasteiger partial charge in [0.1, 0.15) is 11.6 Å². The molecule has 0 fully saturated rings. The fourth-order valence-corrected chi connectivity index (χ4v) is 1.62. The van der Waals surface area contributed by atoms with Crippen LogP contribution in [0.5, 0.6) is 0 Å². The molecule has 0 spiro atoms. The van der Waals surface area contributed by atoms with E-state index in [4.69, 9.17) is 0 Å². The number of aromatic nitrogens is 2. The minimum Gasteiger partial charge on any atom is -0.360 e. The number of aryl methyl sites for hydroxylation is 1. The first-order chi connectivity index (χ1) is 5.29. The molecule has 0 N–H and O–H groups in total. The Morgan fingerprint density at radius 1 is 1.45 bits per heavy atom. The topological polar surface area (TPSA) is 21.1 Å². The summed E-state index contributed by atoms with van der Waals surface area (Å²) in [6.07, 6.45) is 3.19. The van der Waals surface area contributed by atoms with Crippen LogP contribution >= 0.6 is 0 Å². The van der Waals surface area contributed by atoms with E-state index in [2.05, 4.69) is 28.4 Å². The first kappa shape index (κ1) is 6.70. The molecule has 1 aliphatic heterocycles. The molecule has 0 radical (unpaired) electrons. The SMILES string of the molecule is Cc1ncc2n1CCCN2C. The highest BCUT2D eigenvalue weighted by Gasteiger charge is 2.14. The van der Waals surface area contributed by atoms with Gasteiger partial charge in [-0.2, -0.15) is 0 Å². The summed E-state index contributed by atoms with van der Waals surface area (Å²) in [5.74, 6) is 2.39. The van der Waals surface area contributed by atoms with Gasteiger partial charge in [-0.25, -0.2) is 4.98 Å². The monoisotopic (exact) mass is 151 g/mol. The summed E-state index contributed by atoms with van der Waals surface area (Å²) in [6.45, 7) is 4.35. The fourth-order valence-electron chi connectivity index (χ4n) is 1.62. The van der Waals surface area contributed by atoms with Gasteiger partial charge in [0.05, 0.1) is 6.20 Å². The Morgan fingerprint density at radius 2 is 2.27 bits per heavy atom. The van der Waals surface area contributed by atoms with Crippen LogP contribution in [-0.2, 0) is 6.54 Å². The number of imidazole rings is 1. The second kappa shape index (κ2) is 2.26. The van der Waals surface area contributed by atoms with E-state index in [0.29, 0.717) is 0 Å². The molecule has 0 bridgehead atoms. The minimum absolute atomic E-state index is 1.13. The zero-order valence-electron chi connectivity index (χ0n) is 7.04. The van der Waals surface area contributed by atoms with Crippen LogP contribution in [0.15, 0.2) is 6.20 Å². The van der Waals surface area contributed by atoms with E-state index in [1.807, 2.05) is 6.20 Å². The zero-order chi connectivity index (χ0) is 7.84. The number of hydrogen-bond donors (Lipinski definition) is 0. The zero-order valence-corrected chi connectivity index (χ0v) is 7.04. The van der Waals surface area contributed by atoms with E-state index in [9.17, 15) is 0 Å². The second-order valence-electron chi connectivity index (χ2n) is 3.09. The molecular weight excluding hydrogens is 138 g/mol. The molecule has 0 aliphatic carbocycles. The van der Waals surface area contributed by atoms with Gasteiger partial charge >= 0.3 is 0 Å². The lowest BCUT2D eigenvalue weighted by atomic mass is 10.3. The maximum absolute atomic E-state index is 4.27. The molecule has 2 rings (SSSR count). The molecule has 0 saturated heterocycles. The van der Waals surface area contributed by atoms with Crippen molar-refractivity contribution >= 4 is 5.82 Å². The molecule has 0 aromatic carbocycles. The maximum Gasteiger partial charge on any atom is 0.128 e. The number of hydrogen-bond acceptors (Lipinski definition) is 2. The standard InChI is InChI=1S/C8H13N3/c1-7-9-6-8-10(2)4-3-5-11(7)8/h6H,3-5H2,1-2H3. The van der Waals surface area contributed by atoms with Crippen molar-refractivity contribution in [3.05, 3.63) is 12.0 Å². The third-order valence-electron chi connectivity index (χ3n) is 2.30. The Hall–Kier alpha value is -0.990. The van der Waals surface area contributed by atoms with Gasteiger partial charge in [0.25, 0.3) is 0 Å². The van der Waals surface area contributed by atoms with E-state index in [1.165, 1.54) is 12.2 Å². The Labute approximate surface area is 66.6 Å². The highest BCUT2D eigenvalue weighted by Crippen LogP contribution is 2.19. The molecule has 0 saturated carbocycles. The summed E-state index contributed by atoms with van der Waals surface area (Å²) >= 11 is 0. The van der Waals surface area contributed by atoms with Gasteiger partial charge in [-0.3, -0.25) is 0 Å². The van der Waals surface area contributed by atoms with Gasteiger partial charge in [-0.05, 0) is 13.3 Å². The summed E-state index contributed by atoms with van der Waals surface area (Å²) < 4.78 is 2.27. The summed E-state index contributed by atoms with van der Waals surface area (Å²) in [5.41, 5.74) is 0. The number of anilines is 1. The molecule has 0 atom stereocenters. The van der Waals surface area contributed by atoms with Gasteiger partial charge in [0.2, 0.25) is 0 Å². The first-order valence-electron chi connectivity index (χ1n) is 4.02. The Morgan fingerprint density at radius 3 is 3.00 bits per heavy atom. The number of fused-ring (bicyclic) bond motifs is 1. The number of nitrogens with zero attached hydrogens (tertiary/aromatic N) is 3. The Balaban J connectivity index is 2.46. The molecule has 11 heavy (non-hydrogen) atoms. The maximum atomic E-state index is 4.27. The van der Waals surface area contributed by atoms with Gasteiger partial charge in [-0.1, -0.05) is 0 Å². The number of rotatable bonds is 0. The normalized spacial score (nSPS) is 16.7. The summed E-state index contributed by atoms with van der Waals surface area (Å²) in [4.78, 5) is 6.52. The first-order valence-corrected chi connectivity index (χ1v) is 4.02. The van der Waals surface area contributed by atoms with E-state index in [0.717, 1.165) is 18.9 Å². The third kappa shape index (κ3) is 0.914. The summed E-state index contributed by atoms with van der Waals surface area (Å²) in [5, 5.41) is 0. The van der Waals surface area contributed by atoms with Crippen LogP contribution in [0.4, 0.5) is 5.82 Å². The molecule has 1 aromatic heterocycles. The molecule has 3 nitrogen and oxygen atoms in total. The predicted octanol–water partition coefficient (Wildman–Crippen LogP) is 1.03. The molecule has 60 valence electrons. The van der Waals surface area contributed by atoms with Crippen LogP contribution in [0.25, 0.3) is 0 Å². The molecule has 1 aliphatic rings. The van der Waals surface area contributed by atoms with Crippen molar-refractivity contribution in [1.82, 2.24) is 9.55 Å². The van der Waals surface area contributed by atoms with Crippen LogP contribution < -0.4 is 4.90 Å². The highest BCUT2D eigenvalue weighted by atomic mass is 15.3. The van der Waals surface area contributed by atoms with Crippen molar-refractivity contribution < 1.29 is 0 Å². The van der Waals surface area contributed by atoms with Gasteiger partial charge in [0, 0.05) is 20.1 Å². The van der Waals surface area contributed by atoms with Crippen molar-refractivity contribution in [2.45, 2.75) is 19.9 Å². The Bertz CT molecular complexity index is 264. The quantitative estimate of drug-likeness (QED) is 0.552. The largest absolute Gasteiger partial charge is 0.360 e. The summed E-state index contributed by atoms with van der Waals surface area (Å²) in [6, 6.07) is 0. The molecule has 0 unspecified atom stereocenters. The smallest absolute Gasteiger partial charge is 0.128 e. The van der Waals surface area contributed by atoms with Gasteiger partial charge < -0.3 is 9.47 Å². The van der Waals surface area contributed by atoms with Gasteiger partial charge in [0.15, 0.2) is 0 Å². The second-order valence-corrected chi connectivity index (χ2v) is 3.09. The Kier molecular flexibility index (Phi) is 1.37. The van der Waals surface area contributed by atoms with E-state index >= 15 is 0 Å². The average molecular weight is 151 g/mol. The molecular formula is C8H13N3. The van der Waals surface area contributed by atoms with Crippen LogP contribution in [0.3, 0.4) is 0 Å². The molecule has 2 heterocycles. The molecule has 0 amide bonds. The lowest BCUT2D eigenvalue weighted by molar-refractivity contribution is 0.573. The van der Waals surface area contributed by atoms with Crippen molar-refractivity contribution in [1.29, 1.82) is 0 Å². The van der Waals surface area contributed by atoms with Crippen molar-refractivity contribution in [3.8, 4) is 0 Å². The summed E-state index contributed by atoms with van der Waals surface area (Å²) in [7, 11) is 2.12. The lowest BCUT2D eigenvalue weighted by Gasteiger charge is -2.26. The molecule has 3 heteroatoms. The van der Waals surface area contributed by atoms with E-state index in [-0.39, 0.29) is 0 Å². The van der Waals surface area contributed by atoms with E-state index in [1.54, 1.807) is 0 Å².